The molecule has 0 saturated carbocycles. The second kappa shape index (κ2) is 17.8. The molecular weight excluding hydrogens is 765 g/mol. The smallest absolute Gasteiger partial charge is 0.547 e. The zero-order chi connectivity index (χ0) is 41.7. The molecule has 6 aromatic rings. The number of rotatable bonds is 15. The number of carbonyl (C=O) groups is 3. The van der Waals surface area contributed by atoms with Crippen molar-refractivity contribution in [2.45, 2.75) is 41.5 Å². The van der Waals surface area contributed by atoms with Crippen LogP contribution >= 0.6 is 0 Å². The largest absolute Gasteiger partial charge is 1.20 e. The molecule has 58 heavy (non-hydrogen) atoms. The molecule has 0 spiro atoms. The van der Waals surface area contributed by atoms with Gasteiger partial charge in [0.05, 0.1) is 0 Å². The van der Waals surface area contributed by atoms with Crippen LogP contribution in [0.1, 0.15) is 72.6 Å². The second-order valence-electron chi connectivity index (χ2n) is 13.0. The minimum Gasteiger partial charge on any atom is -0.547 e. The predicted octanol–water partition coefficient (Wildman–Crippen LogP) is 6.40. The van der Waals surface area contributed by atoms with Gasteiger partial charge in [-0.3, -0.25) is 0 Å². The van der Waals surface area contributed by atoms with Crippen molar-refractivity contribution < 1.29 is 39.0 Å². The summed E-state index contributed by atoms with van der Waals surface area (Å²) in [5.74, 6) is -4.03. The monoisotopic (exact) mass is 807 g/mol. The van der Waals surface area contributed by atoms with Gasteiger partial charge < -0.3 is 39.3 Å². The molecule has 15 nitrogen and oxygen atoms in total. The van der Waals surface area contributed by atoms with Crippen molar-refractivity contribution in [3.05, 3.63) is 121 Å². The van der Waals surface area contributed by atoms with Crippen LogP contribution < -0.4 is 31.6 Å². The first kappa shape index (κ1) is 41.3. The molecule has 0 saturated heterocycles. The minimum atomic E-state index is -4.37. The first-order valence-corrected chi connectivity index (χ1v) is 20.4. The number of anilines is 3. The maximum atomic E-state index is 13.6. The fourth-order valence-electron chi connectivity index (χ4n) is 6.61. The molecule has 3 aromatic heterocycles. The highest BCUT2D eigenvalue weighted by Gasteiger charge is 2.51. The van der Waals surface area contributed by atoms with Crippen LogP contribution in [0, 0.1) is 0 Å². The second-order valence-corrected chi connectivity index (χ2v) is 14.3. The van der Waals surface area contributed by atoms with E-state index in [0.717, 1.165) is 17.1 Å². The molecule has 0 aliphatic rings. The number of benzene rings is 3. The predicted molar refractivity (Wildman–Crippen MR) is 220 cm³/mol. The fraction of sp³-hybridized carbons (Fsp3) is 0.286. The van der Waals surface area contributed by atoms with E-state index in [4.69, 9.17) is 24.6 Å². The van der Waals surface area contributed by atoms with Gasteiger partial charge >= 0.3 is 49.9 Å². The van der Waals surface area contributed by atoms with E-state index in [1.54, 1.807) is 54.6 Å². The molecule has 0 atom stereocenters. The van der Waals surface area contributed by atoms with Gasteiger partial charge in [-0.05, 0) is 96.1 Å². The fourth-order valence-corrected chi connectivity index (χ4v) is 7.66. The van der Waals surface area contributed by atoms with Crippen molar-refractivity contribution in [3.8, 4) is 0 Å². The molecule has 3 heterocycles. The standard InChI is InChI=1S/3C14H15NO4.Al/c3*1-3-15(4-2)10-6-5-9-7-11(13(16)17)14(18)19-12(9)8-10;/h3*5-8H,3-4H2,1-2H3,(H,16,17);/q;;;+3/p-3. The third-order valence-corrected chi connectivity index (χ3v) is 11.0. The Morgan fingerprint density at radius 3 is 0.948 bits per heavy atom. The Bertz CT molecular complexity index is 2400. The third kappa shape index (κ3) is 8.63. The summed E-state index contributed by atoms with van der Waals surface area (Å²) >= 11 is -4.37. The Morgan fingerprint density at radius 1 is 0.448 bits per heavy atom. The number of hydrogen-bond acceptors (Lipinski definition) is 15. The molecule has 0 unspecified atom stereocenters. The van der Waals surface area contributed by atoms with Gasteiger partial charge in [-0.15, -0.1) is 0 Å². The lowest BCUT2D eigenvalue weighted by Gasteiger charge is -2.21. The third-order valence-electron chi connectivity index (χ3n) is 9.81. The maximum Gasteiger partial charge on any atom is 1.20 e. The first-order chi connectivity index (χ1) is 27.9. The van der Waals surface area contributed by atoms with Gasteiger partial charge in [-0.1, -0.05) is 0 Å². The highest BCUT2D eigenvalue weighted by molar-refractivity contribution is 6.45. The average Bonchev–Trinajstić information content (AvgIpc) is 3.21. The van der Waals surface area contributed by atoms with Crippen LogP contribution in [0.15, 0.2) is 100 Å². The number of nitrogens with zero attached hydrogens (tertiary/aromatic N) is 3. The Labute approximate surface area is 337 Å². The SMILES string of the molecule is CCN(CC)c1ccc2cc(C(=O)[O][Al]([O]C(=O)c3cc4ccc(N(CC)CC)cc4oc3=O)[O]C(=O)c3cc4ccc(N(CC)CC)cc4oc3=O)c(=O)oc2c1. The Balaban J connectivity index is 1.33. The van der Waals surface area contributed by atoms with Crippen molar-refractivity contribution in [3.63, 3.8) is 0 Å². The van der Waals surface area contributed by atoms with Crippen molar-refractivity contribution in [1.29, 1.82) is 0 Å². The highest BCUT2D eigenvalue weighted by atomic mass is 27.3. The summed E-state index contributed by atoms with van der Waals surface area (Å²) in [6.07, 6.45) is 0. The summed E-state index contributed by atoms with van der Waals surface area (Å²) < 4.78 is 32.6. The lowest BCUT2D eigenvalue weighted by molar-refractivity contribution is 0.0406. The molecule has 0 aliphatic heterocycles. The van der Waals surface area contributed by atoms with Crippen LogP contribution in [0.3, 0.4) is 0 Å². The Hall–Kier alpha value is -6.37. The van der Waals surface area contributed by atoms with Crippen LogP contribution in [-0.2, 0) is 11.4 Å². The molecule has 16 heteroatoms. The zero-order valence-corrected chi connectivity index (χ0v) is 34.1. The van der Waals surface area contributed by atoms with E-state index in [-0.39, 0.29) is 16.7 Å². The maximum absolute atomic E-state index is 13.6. The topological polar surface area (TPSA) is 179 Å². The quantitative estimate of drug-likeness (QED) is 0.0821. The van der Waals surface area contributed by atoms with E-state index in [1.807, 2.05) is 56.2 Å². The summed E-state index contributed by atoms with van der Waals surface area (Å²) in [6.45, 7) is 16.1. The van der Waals surface area contributed by atoms with E-state index < -0.39 is 66.6 Å². The van der Waals surface area contributed by atoms with Gasteiger partial charge in [-0.25, -0.2) is 28.8 Å². The van der Waals surface area contributed by atoms with Crippen molar-refractivity contribution in [2.24, 2.45) is 0 Å². The summed E-state index contributed by atoms with van der Waals surface area (Å²) in [6, 6.07) is 19.1. The molecule has 6 rings (SSSR count). The highest BCUT2D eigenvalue weighted by Crippen LogP contribution is 2.25. The number of hydrogen-bond donors (Lipinski definition) is 0. The summed E-state index contributed by atoms with van der Waals surface area (Å²) in [4.78, 5) is 86.2. The van der Waals surface area contributed by atoms with Gasteiger partial charge in [0, 0.05) is 90.7 Å². The van der Waals surface area contributed by atoms with E-state index in [2.05, 4.69) is 0 Å². The summed E-state index contributed by atoms with van der Waals surface area (Å²) in [5, 5.41) is 1.14. The summed E-state index contributed by atoms with van der Waals surface area (Å²) in [5.41, 5.74) is -1.96. The zero-order valence-electron chi connectivity index (χ0n) is 33.0. The van der Waals surface area contributed by atoms with E-state index >= 15 is 0 Å². The molecule has 0 aliphatic carbocycles. The minimum absolute atomic E-state index is 0.206. The number of carbonyl (C=O) groups excluding carboxylic acids is 3. The van der Waals surface area contributed by atoms with Crippen LogP contribution in [0.5, 0.6) is 0 Å². The van der Waals surface area contributed by atoms with Gasteiger partial charge in [0.25, 0.3) is 0 Å². The van der Waals surface area contributed by atoms with Gasteiger partial charge in [0.1, 0.15) is 33.4 Å². The molecule has 0 amide bonds. The lowest BCUT2D eigenvalue weighted by Crippen LogP contribution is -2.37. The lowest BCUT2D eigenvalue weighted by atomic mass is 10.1. The molecule has 3 aromatic carbocycles. The molecule has 0 bridgehead atoms. The van der Waals surface area contributed by atoms with Crippen LogP contribution in [0.2, 0.25) is 0 Å². The van der Waals surface area contributed by atoms with Gasteiger partial charge in [0.2, 0.25) is 0 Å². The number of fused-ring (bicyclic) bond motifs is 3. The van der Waals surface area contributed by atoms with Gasteiger partial charge in [0.15, 0.2) is 0 Å². The molecular formula is C42H42AlN3O12. The van der Waals surface area contributed by atoms with Crippen molar-refractivity contribution >= 4 is 83.0 Å². The Morgan fingerprint density at radius 2 is 0.707 bits per heavy atom. The average molecular weight is 808 g/mol. The van der Waals surface area contributed by atoms with Gasteiger partial charge in [-0.2, -0.15) is 0 Å². The molecule has 300 valence electrons. The Kier molecular flexibility index (Phi) is 12.7. The van der Waals surface area contributed by atoms with E-state index in [0.29, 0.717) is 55.4 Å². The van der Waals surface area contributed by atoms with Crippen molar-refractivity contribution in [1.82, 2.24) is 0 Å². The summed E-state index contributed by atoms with van der Waals surface area (Å²) in [7, 11) is 0. The van der Waals surface area contributed by atoms with E-state index in [1.165, 1.54) is 18.2 Å². The first-order valence-electron chi connectivity index (χ1n) is 19.0. The van der Waals surface area contributed by atoms with Crippen LogP contribution in [-0.4, -0.2) is 72.3 Å². The van der Waals surface area contributed by atoms with Crippen LogP contribution in [0.4, 0.5) is 17.1 Å². The molecule has 0 radical (unpaired) electrons. The molecule has 0 N–H and O–H groups in total. The molecule has 0 fully saturated rings. The van der Waals surface area contributed by atoms with E-state index in [9.17, 15) is 28.8 Å². The van der Waals surface area contributed by atoms with Crippen molar-refractivity contribution in [2.75, 3.05) is 54.0 Å². The normalized spacial score (nSPS) is 11.1. The van der Waals surface area contributed by atoms with Crippen LogP contribution in [0.25, 0.3) is 32.9 Å².